The summed E-state index contributed by atoms with van der Waals surface area (Å²) in [6, 6.07) is 6.39. The van der Waals surface area contributed by atoms with Crippen molar-refractivity contribution in [1.29, 1.82) is 0 Å². The van der Waals surface area contributed by atoms with Gasteiger partial charge in [0, 0.05) is 0 Å². The van der Waals surface area contributed by atoms with E-state index in [1.54, 1.807) is 0 Å². The Hall–Kier alpha value is -0.980. The molecule has 0 aromatic heterocycles. The molecule has 0 bridgehead atoms. The molecule has 0 amide bonds. The molecule has 1 heteroatoms. The molecular weight excluding hydrogens is 148 g/mol. The van der Waals surface area contributed by atoms with E-state index in [1.165, 1.54) is 31.2 Å². The maximum atomic E-state index is 5.18. The molecule has 0 aliphatic carbocycles. The number of rotatable bonds is 4. The quantitative estimate of drug-likeness (QED) is 0.495. The Morgan fingerprint density at radius 3 is 2.83 bits per heavy atom. The first-order valence-electron chi connectivity index (χ1n) is 4.71. The minimum atomic E-state index is 1.06. The van der Waals surface area contributed by atoms with Gasteiger partial charge in [0.1, 0.15) is 0 Å². The smallest absolute Gasteiger partial charge is 0.170 e. The second-order valence-electron chi connectivity index (χ2n) is 3.34. The Kier molecular flexibility index (Phi) is 2.03. The van der Waals surface area contributed by atoms with Crippen molar-refractivity contribution >= 4 is 0 Å². The number of benzene rings is 1. The molecule has 1 aromatic rings. The first-order chi connectivity index (χ1) is 5.90. The van der Waals surface area contributed by atoms with Gasteiger partial charge in [-0.2, -0.15) is 0 Å². The molecule has 1 aliphatic rings. The topological polar surface area (TPSA) is 12.5 Å². The summed E-state index contributed by atoms with van der Waals surface area (Å²) in [5.41, 5.74) is 1.42. The van der Waals surface area contributed by atoms with Crippen LogP contribution < -0.4 is 4.74 Å². The largest absolute Gasteiger partial charge is 0.450 e. The van der Waals surface area contributed by atoms with Crippen molar-refractivity contribution in [3.63, 3.8) is 0 Å². The predicted octanol–water partition coefficient (Wildman–Crippen LogP) is 3.53. The van der Waals surface area contributed by atoms with Crippen molar-refractivity contribution in [1.82, 2.24) is 0 Å². The second-order valence-corrected chi connectivity index (χ2v) is 3.34. The molecule has 64 valence electrons. The number of unbranched alkanes of at least 4 members (excludes halogenated alkanes) is 2. The number of ether oxygens (including phenoxy) is 1. The molecule has 0 radical (unpaired) electrons. The Morgan fingerprint density at radius 1 is 1.17 bits per heavy atom. The highest BCUT2D eigenvalue weighted by Gasteiger charge is 2.18. The Labute approximate surface area is 73.4 Å². The van der Waals surface area contributed by atoms with Crippen LogP contribution in [0.2, 0.25) is 0 Å². The molecule has 0 saturated carbocycles. The lowest BCUT2D eigenvalue weighted by Crippen LogP contribution is -1.82. The van der Waals surface area contributed by atoms with Crippen LogP contribution in [0, 0.1) is 0 Å². The first-order valence-corrected chi connectivity index (χ1v) is 4.71. The third-order valence-corrected chi connectivity index (χ3v) is 2.26. The fourth-order valence-corrected chi connectivity index (χ4v) is 1.44. The van der Waals surface area contributed by atoms with Crippen molar-refractivity contribution in [3.8, 4) is 11.5 Å². The summed E-state index contributed by atoms with van der Waals surface area (Å²) < 4.78 is 5.18. The molecule has 1 aliphatic heterocycles. The van der Waals surface area contributed by atoms with E-state index in [9.17, 15) is 0 Å². The Morgan fingerprint density at radius 2 is 2.08 bits per heavy atom. The molecule has 1 aromatic carbocycles. The lowest BCUT2D eigenvalue weighted by molar-refractivity contribution is 0.649. The highest BCUT2D eigenvalue weighted by Crippen LogP contribution is 2.45. The molecule has 0 saturated heterocycles. The summed E-state index contributed by atoms with van der Waals surface area (Å²) in [4.78, 5) is 0. The maximum absolute atomic E-state index is 5.18. The molecule has 1 nitrogen and oxygen atoms in total. The van der Waals surface area contributed by atoms with Gasteiger partial charge in [0.15, 0.2) is 11.5 Å². The van der Waals surface area contributed by atoms with Gasteiger partial charge in [-0.25, -0.2) is 0 Å². The third kappa shape index (κ3) is 1.60. The summed E-state index contributed by atoms with van der Waals surface area (Å²) in [5.74, 6) is 2.15. The first kappa shape index (κ1) is 7.66. The van der Waals surface area contributed by atoms with E-state index < -0.39 is 0 Å². The van der Waals surface area contributed by atoms with Gasteiger partial charge >= 0.3 is 0 Å². The van der Waals surface area contributed by atoms with Gasteiger partial charge in [-0.3, -0.25) is 0 Å². The number of fused-ring (bicyclic) bond motifs is 1. The van der Waals surface area contributed by atoms with Gasteiger partial charge < -0.3 is 4.74 Å². The van der Waals surface area contributed by atoms with Crippen molar-refractivity contribution in [2.24, 2.45) is 0 Å². The van der Waals surface area contributed by atoms with Crippen LogP contribution in [0.4, 0.5) is 0 Å². The summed E-state index contributed by atoms with van der Waals surface area (Å²) in [7, 11) is 0. The fourth-order valence-electron chi connectivity index (χ4n) is 1.44. The minimum absolute atomic E-state index is 1.06. The predicted molar refractivity (Wildman–Crippen MR) is 49.7 cm³/mol. The normalized spacial score (nSPS) is 12.1. The van der Waals surface area contributed by atoms with Crippen molar-refractivity contribution in [3.05, 3.63) is 23.8 Å². The Balaban J connectivity index is 1.88. The molecule has 0 unspecified atom stereocenters. The molecule has 2 rings (SSSR count). The van der Waals surface area contributed by atoms with Crippen LogP contribution in [0.15, 0.2) is 18.2 Å². The lowest BCUT2D eigenvalue weighted by Gasteiger charge is -1.96. The highest BCUT2D eigenvalue weighted by molar-refractivity contribution is 5.55. The summed E-state index contributed by atoms with van der Waals surface area (Å²) >= 11 is 0. The van der Waals surface area contributed by atoms with Crippen LogP contribution in [0.3, 0.4) is 0 Å². The second kappa shape index (κ2) is 3.18. The number of hydrogen-bond donors (Lipinski definition) is 0. The van der Waals surface area contributed by atoms with Crippen molar-refractivity contribution < 1.29 is 4.74 Å². The average molecular weight is 162 g/mol. The van der Waals surface area contributed by atoms with E-state index in [0.717, 1.165) is 11.5 Å². The lowest BCUT2D eigenvalue weighted by atomic mass is 10.1. The number of aryl methyl sites for hydroxylation is 1. The average Bonchev–Trinajstić information content (AvgIpc) is 2.83. The molecule has 12 heavy (non-hydrogen) atoms. The van der Waals surface area contributed by atoms with Crippen molar-refractivity contribution in [2.75, 3.05) is 0 Å². The monoisotopic (exact) mass is 162 g/mol. The van der Waals surface area contributed by atoms with Crippen LogP contribution in [0.25, 0.3) is 0 Å². The third-order valence-electron chi connectivity index (χ3n) is 2.26. The van der Waals surface area contributed by atoms with Crippen LogP contribution in [-0.4, -0.2) is 0 Å². The summed E-state index contributed by atoms with van der Waals surface area (Å²) in [6.45, 7) is 2.23. The summed E-state index contributed by atoms with van der Waals surface area (Å²) in [5, 5.41) is 0. The van der Waals surface area contributed by atoms with Gasteiger partial charge in [-0.1, -0.05) is 25.8 Å². The van der Waals surface area contributed by atoms with E-state index in [-0.39, 0.29) is 0 Å². The molecular formula is C11H14O. The Bertz CT molecular complexity index is 278. The van der Waals surface area contributed by atoms with E-state index in [4.69, 9.17) is 4.74 Å². The minimum Gasteiger partial charge on any atom is -0.450 e. The SMILES string of the molecule is CCCCCc1ccc2c(c1)O2. The van der Waals surface area contributed by atoms with E-state index in [0.29, 0.717) is 0 Å². The van der Waals surface area contributed by atoms with E-state index in [1.807, 2.05) is 0 Å². The van der Waals surface area contributed by atoms with Gasteiger partial charge in [-0.15, -0.1) is 0 Å². The maximum Gasteiger partial charge on any atom is 0.170 e. The molecule has 0 atom stereocenters. The van der Waals surface area contributed by atoms with Crippen molar-refractivity contribution in [2.45, 2.75) is 32.6 Å². The van der Waals surface area contributed by atoms with Crippen LogP contribution in [0.1, 0.15) is 31.7 Å². The van der Waals surface area contributed by atoms with Crippen LogP contribution >= 0.6 is 0 Å². The zero-order valence-corrected chi connectivity index (χ0v) is 7.47. The highest BCUT2D eigenvalue weighted by atomic mass is 16.6. The van der Waals surface area contributed by atoms with Gasteiger partial charge in [0.25, 0.3) is 0 Å². The zero-order valence-electron chi connectivity index (χ0n) is 7.47. The fraction of sp³-hybridized carbons (Fsp3) is 0.455. The van der Waals surface area contributed by atoms with Crippen LogP contribution in [0.5, 0.6) is 11.5 Å². The van der Waals surface area contributed by atoms with Crippen LogP contribution in [-0.2, 0) is 6.42 Å². The zero-order chi connectivity index (χ0) is 8.39. The van der Waals surface area contributed by atoms with Gasteiger partial charge in [0.2, 0.25) is 0 Å². The van der Waals surface area contributed by atoms with E-state index in [2.05, 4.69) is 25.1 Å². The molecule has 0 fully saturated rings. The summed E-state index contributed by atoms with van der Waals surface area (Å²) in [6.07, 6.45) is 5.12. The molecule has 1 heterocycles. The molecule has 0 spiro atoms. The van der Waals surface area contributed by atoms with Gasteiger partial charge in [0.05, 0.1) is 0 Å². The van der Waals surface area contributed by atoms with Gasteiger partial charge in [-0.05, 0) is 30.5 Å². The standard InChI is InChI=1S/C11H14O/c1-2-3-4-5-9-6-7-10-11(8-9)12-10/h6-8H,2-5H2,1H3. The molecule has 0 N–H and O–H groups in total. The van der Waals surface area contributed by atoms with E-state index >= 15 is 0 Å². The number of hydrogen-bond acceptors (Lipinski definition) is 1.